The maximum Gasteiger partial charge on any atom is 0.137 e. The zero-order valence-corrected chi connectivity index (χ0v) is 13.4. The molecule has 1 unspecified atom stereocenters. The molecule has 2 rings (SSSR count). The largest absolute Gasteiger partial charge is 0.389 e. The molecule has 20 heavy (non-hydrogen) atoms. The van der Waals surface area contributed by atoms with Crippen LogP contribution >= 0.6 is 27.5 Å². The van der Waals surface area contributed by atoms with E-state index in [0.717, 1.165) is 11.1 Å². The molecule has 0 radical (unpaired) electrons. The third kappa shape index (κ3) is 4.30. The summed E-state index contributed by atoms with van der Waals surface area (Å²) in [6, 6.07) is 12.2. The van der Waals surface area contributed by atoms with E-state index in [1.165, 1.54) is 6.07 Å². The van der Waals surface area contributed by atoms with E-state index in [2.05, 4.69) is 15.9 Å². The predicted molar refractivity (Wildman–Crippen MR) is 83.6 cm³/mol. The SMILES string of the molecule is CC(O)(Cc1ccc(Cl)cc1)Cc1ccc(F)c(Br)c1. The summed E-state index contributed by atoms with van der Waals surface area (Å²) in [5, 5.41) is 11.2. The molecule has 1 nitrogen and oxygen atoms in total. The normalized spacial score (nSPS) is 14.1. The van der Waals surface area contributed by atoms with Gasteiger partial charge in [0.1, 0.15) is 5.82 Å². The van der Waals surface area contributed by atoms with E-state index in [-0.39, 0.29) is 5.82 Å². The summed E-state index contributed by atoms with van der Waals surface area (Å²) in [6.45, 7) is 1.78. The lowest BCUT2D eigenvalue weighted by Gasteiger charge is -2.23. The van der Waals surface area contributed by atoms with Gasteiger partial charge in [0, 0.05) is 17.9 Å². The van der Waals surface area contributed by atoms with Gasteiger partial charge in [-0.1, -0.05) is 29.8 Å². The van der Waals surface area contributed by atoms with E-state index >= 15 is 0 Å². The first kappa shape index (κ1) is 15.5. The van der Waals surface area contributed by atoms with Crippen LogP contribution in [-0.4, -0.2) is 10.7 Å². The molecule has 0 bridgehead atoms. The molecule has 4 heteroatoms. The van der Waals surface area contributed by atoms with Gasteiger partial charge in [-0.05, 0) is 58.2 Å². The molecule has 0 heterocycles. The summed E-state index contributed by atoms with van der Waals surface area (Å²) in [5.41, 5.74) is 1.00. The van der Waals surface area contributed by atoms with Crippen LogP contribution in [0.15, 0.2) is 46.9 Å². The number of rotatable bonds is 4. The van der Waals surface area contributed by atoms with Gasteiger partial charge in [-0.2, -0.15) is 0 Å². The van der Waals surface area contributed by atoms with Crippen LogP contribution in [0.2, 0.25) is 5.02 Å². The van der Waals surface area contributed by atoms with Gasteiger partial charge in [0.25, 0.3) is 0 Å². The van der Waals surface area contributed by atoms with Crippen molar-refractivity contribution in [3.8, 4) is 0 Å². The molecule has 0 aliphatic carbocycles. The Labute approximate surface area is 131 Å². The molecule has 0 saturated heterocycles. The van der Waals surface area contributed by atoms with Crippen molar-refractivity contribution in [3.05, 3.63) is 68.9 Å². The molecule has 0 aliphatic rings. The van der Waals surface area contributed by atoms with Crippen molar-refractivity contribution in [2.75, 3.05) is 0 Å². The van der Waals surface area contributed by atoms with Crippen LogP contribution in [0.3, 0.4) is 0 Å². The van der Waals surface area contributed by atoms with Gasteiger partial charge < -0.3 is 5.11 Å². The Kier molecular flexibility index (Phi) is 4.84. The van der Waals surface area contributed by atoms with Crippen LogP contribution in [0, 0.1) is 5.82 Å². The molecule has 0 aliphatic heterocycles. The minimum absolute atomic E-state index is 0.300. The highest BCUT2D eigenvalue weighted by Crippen LogP contribution is 2.23. The molecule has 0 spiro atoms. The lowest BCUT2D eigenvalue weighted by Crippen LogP contribution is -2.30. The van der Waals surface area contributed by atoms with Crippen LogP contribution in [0.5, 0.6) is 0 Å². The second-order valence-corrected chi connectivity index (χ2v) is 6.52. The van der Waals surface area contributed by atoms with Gasteiger partial charge in [0.15, 0.2) is 0 Å². The number of benzene rings is 2. The Bertz CT molecular complexity index is 596. The van der Waals surface area contributed by atoms with Crippen molar-refractivity contribution in [2.45, 2.75) is 25.4 Å². The van der Waals surface area contributed by atoms with Gasteiger partial charge in [0.2, 0.25) is 0 Å². The zero-order chi connectivity index (χ0) is 14.8. The first-order valence-electron chi connectivity index (χ1n) is 6.26. The zero-order valence-electron chi connectivity index (χ0n) is 11.0. The standard InChI is InChI=1S/C16H15BrClFO/c1-16(20,9-11-2-5-13(18)6-3-11)10-12-4-7-15(19)14(17)8-12/h2-8,20H,9-10H2,1H3. The number of aliphatic hydroxyl groups is 1. The molecular weight excluding hydrogens is 343 g/mol. The van der Waals surface area contributed by atoms with E-state index in [4.69, 9.17) is 11.6 Å². The molecule has 0 amide bonds. The Hall–Kier alpha value is -0.900. The summed E-state index contributed by atoms with van der Waals surface area (Å²) in [6.07, 6.45) is 0.966. The maximum absolute atomic E-state index is 13.2. The van der Waals surface area contributed by atoms with Crippen molar-refractivity contribution in [3.63, 3.8) is 0 Å². The fourth-order valence-corrected chi connectivity index (χ4v) is 2.75. The first-order chi connectivity index (χ1) is 9.35. The van der Waals surface area contributed by atoms with E-state index in [1.54, 1.807) is 31.2 Å². The Morgan fingerprint density at radius 2 is 1.65 bits per heavy atom. The highest BCUT2D eigenvalue weighted by molar-refractivity contribution is 9.10. The van der Waals surface area contributed by atoms with Crippen molar-refractivity contribution < 1.29 is 9.50 Å². The van der Waals surface area contributed by atoms with Crippen LogP contribution < -0.4 is 0 Å². The third-order valence-corrected chi connectivity index (χ3v) is 3.93. The molecular formula is C16H15BrClFO. The van der Waals surface area contributed by atoms with Crippen LogP contribution in [0.1, 0.15) is 18.1 Å². The topological polar surface area (TPSA) is 20.2 Å². The van der Waals surface area contributed by atoms with Gasteiger partial charge in [-0.25, -0.2) is 4.39 Å². The second-order valence-electron chi connectivity index (χ2n) is 5.23. The van der Waals surface area contributed by atoms with Crippen molar-refractivity contribution in [2.24, 2.45) is 0 Å². The van der Waals surface area contributed by atoms with E-state index in [0.29, 0.717) is 22.3 Å². The van der Waals surface area contributed by atoms with Crippen LogP contribution in [0.4, 0.5) is 4.39 Å². The Morgan fingerprint density at radius 1 is 1.10 bits per heavy atom. The Balaban J connectivity index is 2.09. The third-order valence-electron chi connectivity index (χ3n) is 3.07. The number of hydrogen-bond donors (Lipinski definition) is 1. The molecule has 0 aromatic heterocycles. The van der Waals surface area contributed by atoms with Crippen LogP contribution in [-0.2, 0) is 12.8 Å². The molecule has 0 saturated carbocycles. The summed E-state index contributed by atoms with van der Waals surface area (Å²) in [4.78, 5) is 0. The average Bonchev–Trinajstić information content (AvgIpc) is 2.36. The highest BCUT2D eigenvalue weighted by Gasteiger charge is 2.22. The first-order valence-corrected chi connectivity index (χ1v) is 7.44. The van der Waals surface area contributed by atoms with Crippen LogP contribution in [0.25, 0.3) is 0 Å². The summed E-state index contributed by atoms with van der Waals surface area (Å²) >= 11 is 9.00. The van der Waals surface area contributed by atoms with Gasteiger partial charge in [-0.3, -0.25) is 0 Å². The second kappa shape index (κ2) is 6.25. The Morgan fingerprint density at radius 3 is 2.25 bits per heavy atom. The van der Waals surface area contributed by atoms with Crippen molar-refractivity contribution in [1.82, 2.24) is 0 Å². The van der Waals surface area contributed by atoms with Crippen molar-refractivity contribution in [1.29, 1.82) is 0 Å². The van der Waals surface area contributed by atoms with Crippen molar-refractivity contribution >= 4 is 27.5 Å². The maximum atomic E-state index is 13.2. The van der Waals surface area contributed by atoms with Gasteiger partial charge in [-0.15, -0.1) is 0 Å². The number of halogens is 3. The summed E-state index contributed by atoms with van der Waals surface area (Å²) in [5.74, 6) is -0.300. The van der Waals surface area contributed by atoms with Gasteiger partial charge in [0.05, 0.1) is 10.1 Å². The highest BCUT2D eigenvalue weighted by atomic mass is 79.9. The minimum atomic E-state index is -0.898. The molecule has 106 valence electrons. The smallest absolute Gasteiger partial charge is 0.137 e. The quantitative estimate of drug-likeness (QED) is 0.835. The minimum Gasteiger partial charge on any atom is -0.389 e. The number of hydrogen-bond acceptors (Lipinski definition) is 1. The molecule has 0 fully saturated rings. The monoisotopic (exact) mass is 356 g/mol. The lowest BCUT2D eigenvalue weighted by molar-refractivity contribution is 0.0608. The van der Waals surface area contributed by atoms with E-state index in [9.17, 15) is 9.50 Å². The molecule has 2 aromatic carbocycles. The summed E-state index contributed by atoms with van der Waals surface area (Å²) in [7, 11) is 0. The molecule has 1 atom stereocenters. The molecule has 1 N–H and O–H groups in total. The summed E-state index contributed by atoms with van der Waals surface area (Å²) < 4.78 is 13.6. The fraction of sp³-hybridized carbons (Fsp3) is 0.250. The molecule has 2 aromatic rings. The average molecular weight is 358 g/mol. The lowest BCUT2D eigenvalue weighted by atomic mass is 9.90. The fourth-order valence-electron chi connectivity index (χ4n) is 2.19. The van der Waals surface area contributed by atoms with E-state index < -0.39 is 5.60 Å². The van der Waals surface area contributed by atoms with E-state index in [1.807, 2.05) is 12.1 Å². The van der Waals surface area contributed by atoms with Gasteiger partial charge >= 0.3 is 0 Å². The predicted octanol–water partition coefficient (Wildman–Crippen LogP) is 4.78.